The standard InChI is InChI=1S/C18H24N2O3S/c1-3-12(2)17(18(22)23)20-15(21)10-6-7-11-16-19-13-8-4-5-9-14(13)24-16/h4-5,8-9,12,17H,3,6-7,10-11H2,1-2H3,(H,20,21)(H,22,23)/t12-,17-/m0/s1. The molecule has 2 atom stereocenters. The summed E-state index contributed by atoms with van der Waals surface area (Å²) in [5.41, 5.74) is 1.02. The predicted octanol–water partition coefficient (Wildman–Crippen LogP) is 3.62. The van der Waals surface area contributed by atoms with Crippen LogP contribution in [0, 0.1) is 5.92 Å². The molecule has 2 N–H and O–H groups in total. The number of aryl methyl sites for hydroxylation is 1. The van der Waals surface area contributed by atoms with Gasteiger partial charge in [-0.3, -0.25) is 4.79 Å². The number of carbonyl (C=O) groups excluding carboxylic acids is 1. The van der Waals surface area contributed by atoms with Gasteiger partial charge in [-0.25, -0.2) is 9.78 Å². The molecule has 0 spiro atoms. The van der Waals surface area contributed by atoms with Gasteiger partial charge in [0, 0.05) is 6.42 Å². The third kappa shape index (κ3) is 5.03. The Labute approximate surface area is 146 Å². The van der Waals surface area contributed by atoms with Gasteiger partial charge in [-0.2, -0.15) is 0 Å². The second kappa shape index (κ2) is 8.78. The van der Waals surface area contributed by atoms with Gasteiger partial charge in [0.2, 0.25) is 5.91 Å². The average Bonchev–Trinajstić information content (AvgIpc) is 2.98. The molecule has 0 radical (unpaired) electrons. The largest absolute Gasteiger partial charge is 0.480 e. The zero-order chi connectivity index (χ0) is 17.5. The van der Waals surface area contributed by atoms with E-state index >= 15 is 0 Å². The maximum Gasteiger partial charge on any atom is 0.326 e. The first-order valence-corrected chi connectivity index (χ1v) is 9.19. The van der Waals surface area contributed by atoms with Gasteiger partial charge in [-0.1, -0.05) is 32.4 Å². The molecule has 2 aromatic rings. The van der Waals surface area contributed by atoms with E-state index in [1.807, 2.05) is 32.0 Å². The first-order chi connectivity index (χ1) is 11.5. The second-order valence-corrected chi connectivity index (χ2v) is 7.17. The lowest BCUT2D eigenvalue weighted by Gasteiger charge is -2.20. The van der Waals surface area contributed by atoms with Crippen molar-refractivity contribution in [3.8, 4) is 0 Å². The molecule has 0 aliphatic rings. The van der Waals surface area contributed by atoms with Crippen LogP contribution in [0.1, 0.15) is 44.5 Å². The molecule has 1 aromatic heterocycles. The summed E-state index contributed by atoms with van der Waals surface area (Å²) in [7, 11) is 0. The summed E-state index contributed by atoms with van der Waals surface area (Å²) in [5.74, 6) is -1.23. The van der Waals surface area contributed by atoms with Crippen molar-refractivity contribution in [1.29, 1.82) is 0 Å². The molecule has 0 aliphatic heterocycles. The zero-order valence-electron chi connectivity index (χ0n) is 14.1. The third-order valence-corrected chi connectivity index (χ3v) is 5.27. The van der Waals surface area contributed by atoms with Crippen molar-refractivity contribution in [1.82, 2.24) is 10.3 Å². The smallest absolute Gasteiger partial charge is 0.326 e. The number of thiazole rings is 1. The quantitative estimate of drug-likeness (QED) is 0.678. The first-order valence-electron chi connectivity index (χ1n) is 8.38. The Kier molecular flexibility index (Phi) is 6.73. The molecule has 0 saturated heterocycles. The summed E-state index contributed by atoms with van der Waals surface area (Å²) in [4.78, 5) is 27.7. The monoisotopic (exact) mass is 348 g/mol. The molecule has 1 aromatic carbocycles. The van der Waals surface area contributed by atoms with Crippen molar-refractivity contribution in [2.45, 2.75) is 52.0 Å². The van der Waals surface area contributed by atoms with E-state index in [-0.39, 0.29) is 11.8 Å². The van der Waals surface area contributed by atoms with Gasteiger partial charge in [0.25, 0.3) is 0 Å². The number of rotatable bonds is 9. The van der Waals surface area contributed by atoms with Crippen LogP contribution in [0.15, 0.2) is 24.3 Å². The van der Waals surface area contributed by atoms with E-state index in [9.17, 15) is 14.7 Å². The topological polar surface area (TPSA) is 79.3 Å². The lowest BCUT2D eigenvalue weighted by molar-refractivity contribution is -0.143. The number of carboxylic acid groups (broad SMARTS) is 1. The van der Waals surface area contributed by atoms with Crippen LogP contribution in [-0.2, 0) is 16.0 Å². The lowest BCUT2D eigenvalue weighted by atomic mass is 9.99. The molecule has 2 rings (SSSR count). The summed E-state index contributed by atoms with van der Waals surface area (Å²) >= 11 is 1.69. The van der Waals surface area contributed by atoms with E-state index in [0.717, 1.165) is 36.2 Å². The van der Waals surface area contributed by atoms with Crippen molar-refractivity contribution in [2.24, 2.45) is 5.92 Å². The number of carboxylic acids is 1. The summed E-state index contributed by atoms with van der Waals surface area (Å²) in [6.45, 7) is 3.76. The highest BCUT2D eigenvalue weighted by molar-refractivity contribution is 7.18. The van der Waals surface area contributed by atoms with Gasteiger partial charge in [0.15, 0.2) is 0 Å². The van der Waals surface area contributed by atoms with E-state index in [1.165, 1.54) is 4.70 Å². The zero-order valence-corrected chi connectivity index (χ0v) is 14.9. The Balaban J connectivity index is 1.75. The minimum atomic E-state index is -0.966. The van der Waals surface area contributed by atoms with Crippen LogP contribution in [0.2, 0.25) is 0 Å². The number of carbonyl (C=O) groups is 2. The van der Waals surface area contributed by atoms with Crippen LogP contribution >= 0.6 is 11.3 Å². The number of fused-ring (bicyclic) bond motifs is 1. The van der Waals surface area contributed by atoms with Crippen LogP contribution in [0.5, 0.6) is 0 Å². The number of aliphatic carboxylic acids is 1. The fraction of sp³-hybridized carbons (Fsp3) is 0.500. The summed E-state index contributed by atoms with van der Waals surface area (Å²) in [6, 6.07) is 7.25. The number of para-hydroxylation sites is 1. The van der Waals surface area contributed by atoms with E-state index in [2.05, 4.69) is 16.4 Å². The summed E-state index contributed by atoms with van der Waals surface area (Å²) in [6.07, 6.45) is 3.52. The molecule has 0 unspecified atom stereocenters. The Bertz CT molecular complexity index is 665. The number of aromatic nitrogens is 1. The number of unbranched alkanes of at least 4 members (excludes halogenated alkanes) is 1. The SMILES string of the molecule is CC[C@H](C)[C@H](NC(=O)CCCCc1nc2ccccc2s1)C(=O)O. The predicted molar refractivity (Wildman–Crippen MR) is 96.2 cm³/mol. The molecular formula is C18H24N2O3S. The lowest BCUT2D eigenvalue weighted by Crippen LogP contribution is -2.44. The molecule has 0 aliphatic carbocycles. The van der Waals surface area contributed by atoms with Gasteiger partial charge in [0.05, 0.1) is 15.2 Å². The Morgan fingerprint density at radius 1 is 1.29 bits per heavy atom. The third-order valence-electron chi connectivity index (χ3n) is 4.18. The fourth-order valence-electron chi connectivity index (χ4n) is 2.52. The number of hydrogen-bond acceptors (Lipinski definition) is 4. The molecule has 0 fully saturated rings. The van der Waals surface area contributed by atoms with Gasteiger partial charge >= 0.3 is 5.97 Å². The van der Waals surface area contributed by atoms with Crippen molar-refractivity contribution < 1.29 is 14.7 Å². The van der Waals surface area contributed by atoms with Gasteiger partial charge in [-0.15, -0.1) is 11.3 Å². The van der Waals surface area contributed by atoms with E-state index in [0.29, 0.717) is 6.42 Å². The Morgan fingerprint density at radius 2 is 2.04 bits per heavy atom. The number of nitrogens with zero attached hydrogens (tertiary/aromatic N) is 1. The maximum absolute atomic E-state index is 11.9. The molecule has 24 heavy (non-hydrogen) atoms. The van der Waals surface area contributed by atoms with Crippen LogP contribution in [0.3, 0.4) is 0 Å². The van der Waals surface area contributed by atoms with Gasteiger partial charge in [0.1, 0.15) is 6.04 Å². The number of amides is 1. The summed E-state index contributed by atoms with van der Waals surface area (Å²) < 4.78 is 1.18. The molecule has 1 amide bonds. The highest BCUT2D eigenvalue weighted by Gasteiger charge is 2.24. The molecule has 130 valence electrons. The summed E-state index contributed by atoms with van der Waals surface area (Å²) in [5, 5.41) is 12.9. The van der Waals surface area contributed by atoms with Crippen molar-refractivity contribution in [3.63, 3.8) is 0 Å². The van der Waals surface area contributed by atoms with Crippen molar-refractivity contribution in [3.05, 3.63) is 29.3 Å². The maximum atomic E-state index is 11.9. The molecular weight excluding hydrogens is 324 g/mol. The van der Waals surface area contributed by atoms with E-state index < -0.39 is 12.0 Å². The number of hydrogen-bond donors (Lipinski definition) is 2. The van der Waals surface area contributed by atoms with Crippen molar-refractivity contribution >= 4 is 33.4 Å². The number of benzene rings is 1. The highest BCUT2D eigenvalue weighted by atomic mass is 32.1. The second-order valence-electron chi connectivity index (χ2n) is 6.05. The van der Waals surface area contributed by atoms with Crippen LogP contribution in [-0.4, -0.2) is 28.0 Å². The van der Waals surface area contributed by atoms with Crippen molar-refractivity contribution in [2.75, 3.05) is 0 Å². The molecule has 6 heteroatoms. The van der Waals surface area contributed by atoms with Gasteiger partial charge in [-0.05, 0) is 37.3 Å². The minimum absolute atomic E-state index is 0.0748. The van der Waals surface area contributed by atoms with E-state index in [1.54, 1.807) is 11.3 Å². The van der Waals surface area contributed by atoms with Crippen LogP contribution < -0.4 is 5.32 Å². The van der Waals surface area contributed by atoms with Crippen LogP contribution in [0.25, 0.3) is 10.2 Å². The van der Waals surface area contributed by atoms with Gasteiger partial charge < -0.3 is 10.4 Å². The fourth-order valence-corrected chi connectivity index (χ4v) is 3.53. The molecule has 5 nitrogen and oxygen atoms in total. The highest BCUT2D eigenvalue weighted by Crippen LogP contribution is 2.22. The molecule has 0 saturated carbocycles. The van der Waals surface area contributed by atoms with E-state index in [4.69, 9.17) is 0 Å². The average molecular weight is 348 g/mol. The first kappa shape index (κ1) is 18.4. The Hall–Kier alpha value is -1.95. The van der Waals surface area contributed by atoms with Crippen LogP contribution in [0.4, 0.5) is 0 Å². The minimum Gasteiger partial charge on any atom is -0.480 e. The molecule has 1 heterocycles. The number of nitrogens with one attached hydrogen (secondary N) is 1. The Morgan fingerprint density at radius 3 is 2.71 bits per heavy atom. The molecule has 0 bridgehead atoms. The normalized spacial score (nSPS) is 13.6.